The number of allylic oxidation sites excluding steroid dienone is 1. The number of carbonyl (C=O) groups is 2. The lowest BCUT2D eigenvalue weighted by atomic mass is 10.0. The number of amides is 1. The number of benzene rings is 2. The number of hydrogen-bond donors (Lipinski definition) is 2. The highest BCUT2D eigenvalue weighted by Crippen LogP contribution is 2.26. The molecule has 2 aromatic rings. The van der Waals surface area contributed by atoms with Crippen molar-refractivity contribution < 1.29 is 14.7 Å². The fourth-order valence-electron chi connectivity index (χ4n) is 2.68. The van der Waals surface area contributed by atoms with Crippen molar-refractivity contribution in [3.05, 3.63) is 66.2 Å². The minimum Gasteiger partial charge on any atom is -0.481 e. The quantitative estimate of drug-likeness (QED) is 0.905. The van der Waals surface area contributed by atoms with Crippen molar-refractivity contribution >= 4 is 17.6 Å². The average Bonchev–Trinajstić information content (AvgIpc) is 3.07. The molecule has 0 saturated carbocycles. The maximum Gasteiger partial charge on any atom is 0.307 e. The van der Waals surface area contributed by atoms with Gasteiger partial charge in [-0.15, -0.1) is 0 Å². The van der Waals surface area contributed by atoms with Crippen LogP contribution in [0.3, 0.4) is 0 Å². The number of aliphatic carboxylic acids is 1. The molecule has 1 aliphatic rings. The molecule has 1 atom stereocenters. The Labute approximate surface area is 134 Å². The maximum atomic E-state index is 12.2. The van der Waals surface area contributed by atoms with Crippen LogP contribution in [0.4, 0.5) is 5.69 Å². The molecule has 0 radical (unpaired) electrons. The molecule has 23 heavy (non-hydrogen) atoms. The smallest absolute Gasteiger partial charge is 0.307 e. The summed E-state index contributed by atoms with van der Waals surface area (Å²) in [6.45, 7) is 0. The predicted octanol–water partition coefficient (Wildman–Crippen LogP) is 3.71. The van der Waals surface area contributed by atoms with Gasteiger partial charge in [0.25, 0.3) is 5.91 Å². The summed E-state index contributed by atoms with van der Waals surface area (Å²) in [5.41, 5.74) is 3.45. The zero-order valence-electron chi connectivity index (χ0n) is 12.5. The lowest BCUT2D eigenvalue weighted by molar-refractivity contribution is -0.141. The first-order valence-electron chi connectivity index (χ1n) is 7.52. The van der Waals surface area contributed by atoms with Crippen molar-refractivity contribution in [2.75, 3.05) is 5.32 Å². The van der Waals surface area contributed by atoms with Crippen LogP contribution in [0.5, 0.6) is 0 Å². The average molecular weight is 307 g/mol. The first-order valence-corrected chi connectivity index (χ1v) is 7.52. The van der Waals surface area contributed by atoms with Gasteiger partial charge in [0.2, 0.25) is 0 Å². The van der Waals surface area contributed by atoms with Crippen LogP contribution in [0.15, 0.2) is 66.2 Å². The van der Waals surface area contributed by atoms with Crippen LogP contribution in [0.2, 0.25) is 0 Å². The maximum absolute atomic E-state index is 12.2. The first-order chi connectivity index (χ1) is 11.1. The van der Waals surface area contributed by atoms with Gasteiger partial charge >= 0.3 is 5.97 Å². The van der Waals surface area contributed by atoms with E-state index < -0.39 is 11.9 Å². The summed E-state index contributed by atoms with van der Waals surface area (Å²) in [4.78, 5) is 23.1. The van der Waals surface area contributed by atoms with Crippen molar-refractivity contribution in [2.24, 2.45) is 5.92 Å². The molecule has 0 fully saturated rings. The Hall–Kier alpha value is -2.88. The normalized spacial score (nSPS) is 16.7. The largest absolute Gasteiger partial charge is 0.481 e. The predicted molar refractivity (Wildman–Crippen MR) is 89.0 cm³/mol. The molecule has 0 aliphatic heterocycles. The third-order valence-electron chi connectivity index (χ3n) is 4.01. The summed E-state index contributed by atoms with van der Waals surface area (Å²) >= 11 is 0. The Morgan fingerprint density at radius 1 is 0.957 bits per heavy atom. The van der Waals surface area contributed by atoms with Gasteiger partial charge < -0.3 is 10.4 Å². The summed E-state index contributed by atoms with van der Waals surface area (Å²) < 4.78 is 0. The highest BCUT2D eigenvalue weighted by Gasteiger charge is 2.26. The van der Waals surface area contributed by atoms with E-state index in [2.05, 4.69) is 5.32 Å². The number of carboxylic acid groups (broad SMARTS) is 1. The Morgan fingerprint density at radius 3 is 2.22 bits per heavy atom. The van der Waals surface area contributed by atoms with Gasteiger partial charge in [0.15, 0.2) is 0 Å². The second-order valence-electron chi connectivity index (χ2n) is 5.60. The number of anilines is 1. The molecular formula is C19H17NO3. The standard InChI is InChI=1S/C19H17NO3/c21-18(15-6-7-16(12-15)19(22)23)20-17-10-8-14(9-11-17)13-4-2-1-3-5-13/h1-6,8-11,16H,7,12H2,(H,20,21)(H,22,23). The SMILES string of the molecule is O=C(Nc1ccc(-c2ccccc2)cc1)C1=CCC(C(=O)O)C1. The Morgan fingerprint density at radius 2 is 1.61 bits per heavy atom. The molecule has 116 valence electrons. The fraction of sp³-hybridized carbons (Fsp3) is 0.158. The van der Waals surface area contributed by atoms with Gasteiger partial charge in [0.1, 0.15) is 0 Å². The van der Waals surface area contributed by atoms with Crippen LogP contribution in [-0.2, 0) is 9.59 Å². The lowest BCUT2D eigenvalue weighted by Gasteiger charge is -2.08. The van der Waals surface area contributed by atoms with E-state index in [1.54, 1.807) is 6.08 Å². The zero-order chi connectivity index (χ0) is 16.2. The summed E-state index contributed by atoms with van der Waals surface area (Å²) in [7, 11) is 0. The minimum absolute atomic E-state index is 0.221. The van der Waals surface area contributed by atoms with Gasteiger partial charge in [-0.05, 0) is 36.1 Å². The third-order valence-corrected chi connectivity index (χ3v) is 4.01. The molecule has 4 nitrogen and oxygen atoms in total. The highest BCUT2D eigenvalue weighted by molar-refractivity contribution is 6.04. The van der Waals surface area contributed by atoms with E-state index in [0.29, 0.717) is 24.1 Å². The minimum atomic E-state index is -0.851. The van der Waals surface area contributed by atoms with E-state index in [1.165, 1.54) is 0 Å². The van der Waals surface area contributed by atoms with Gasteiger partial charge in [0, 0.05) is 11.3 Å². The van der Waals surface area contributed by atoms with Crippen LogP contribution in [-0.4, -0.2) is 17.0 Å². The second-order valence-corrected chi connectivity index (χ2v) is 5.60. The Balaban J connectivity index is 1.65. The molecule has 4 heteroatoms. The Kier molecular flexibility index (Phi) is 4.24. The fourth-order valence-corrected chi connectivity index (χ4v) is 2.68. The van der Waals surface area contributed by atoms with Crippen LogP contribution < -0.4 is 5.32 Å². The van der Waals surface area contributed by atoms with E-state index in [9.17, 15) is 9.59 Å². The van der Waals surface area contributed by atoms with Gasteiger partial charge in [-0.25, -0.2) is 0 Å². The Bertz CT molecular complexity index is 748. The van der Waals surface area contributed by atoms with E-state index in [1.807, 2.05) is 54.6 Å². The summed E-state index contributed by atoms with van der Waals surface area (Å²) in [6, 6.07) is 17.6. The molecular weight excluding hydrogens is 290 g/mol. The third kappa shape index (κ3) is 3.48. The van der Waals surface area contributed by atoms with Crippen LogP contribution in [0.1, 0.15) is 12.8 Å². The zero-order valence-corrected chi connectivity index (χ0v) is 12.5. The summed E-state index contributed by atoms with van der Waals surface area (Å²) in [6.07, 6.45) is 2.43. The molecule has 1 amide bonds. The molecule has 0 spiro atoms. The lowest BCUT2D eigenvalue weighted by Crippen LogP contribution is -2.16. The summed E-state index contributed by atoms with van der Waals surface area (Å²) in [5, 5.41) is 11.8. The van der Waals surface area contributed by atoms with Gasteiger partial charge in [-0.1, -0.05) is 48.5 Å². The molecule has 0 bridgehead atoms. The second kappa shape index (κ2) is 6.48. The number of carbonyl (C=O) groups excluding carboxylic acids is 1. The monoisotopic (exact) mass is 307 g/mol. The van der Waals surface area contributed by atoms with Crippen molar-refractivity contribution in [1.82, 2.24) is 0 Å². The molecule has 1 aliphatic carbocycles. The van der Waals surface area contributed by atoms with Crippen molar-refractivity contribution in [3.63, 3.8) is 0 Å². The number of carboxylic acids is 1. The van der Waals surface area contributed by atoms with Gasteiger partial charge in [-0.2, -0.15) is 0 Å². The van der Waals surface area contributed by atoms with Crippen LogP contribution in [0, 0.1) is 5.92 Å². The number of rotatable bonds is 4. The van der Waals surface area contributed by atoms with E-state index >= 15 is 0 Å². The first kappa shape index (κ1) is 15.0. The molecule has 2 aromatic carbocycles. The van der Waals surface area contributed by atoms with Gasteiger partial charge in [0.05, 0.1) is 5.92 Å². The topological polar surface area (TPSA) is 66.4 Å². The van der Waals surface area contributed by atoms with Crippen LogP contribution in [0.25, 0.3) is 11.1 Å². The molecule has 0 saturated heterocycles. The van der Waals surface area contributed by atoms with Gasteiger partial charge in [-0.3, -0.25) is 9.59 Å². The molecule has 1 unspecified atom stereocenters. The number of nitrogens with one attached hydrogen (secondary N) is 1. The molecule has 0 aromatic heterocycles. The van der Waals surface area contributed by atoms with Crippen molar-refractivity contribution in [2.45, 2.75) is 12.8 Å². The molecule has 2 N–H and O–H groups in total. The van der Waals surface area contributed by atoms with Crippen molar-refractivity contribution in [3.8, 4) is 11.1 Å². The van der Waals surface area contributed by atoms with E-state index in [0.717, 1.165) is 11.1 Å². The highest BCUT2D eigenvalue weighted by atomic mass is 16.4. The summed E-state index contributed by atoms with van der Waals surface area (Å²) in [5.74, 6) is -1.55. The van der Waals surface area contributed by atoms with E-state index in [-0.39, 0.29) is 5.91 Å². The van der Waals surface area contributed by atoms with Crippen molar-refractivity contribution in [1.29, 1.82) is 0 Å². The number of hydrogen-bond acceptors (Lipinski definition) is 2. The van der Waals surface area contributed by atoms with E-state index in [4.69, 9.17) is 5.11 Å². The van der Waals surface area contributed by atoms with Crippen LogP contribution >= 0.6 is 0 Å². The molecule has 0 heterocycles. The molecule has 3 rings (SSSR count).